The van der Waals surface area contributed by atoms with Crippen LogP contribution in [0.1, 0.15) is 66.2 Å². The van der Waals surface area contributed by atoms with Crippen molar-refractivity contribution < 1.29 is 13.7 Å². The summed E-state index contributed by atoms with van der Waals surface area (Å²) in [6.07, 6.45) is 4.40. The summed E-state index contributed by atoms with van der Waals surface area (Å²) in [5.74, 6) is -0.137. The molecule has 0 radical (unpaired) electrons. The summed E-state index contributed by atoms with van der Waals surface area (Å²) >= 11 is 0. The van der Waals surface area contributed by atoms with Gasteiger partial charge in [0.2, 0.25) is 5.76 Å². The molecule has 0 aliphatic heterocycles. The molecular formula is C20H21FN4O2. The highest BCUT2D eigenvalue weighted by molar-refractivity contribution is 5.91. The highest BCUT2D eigenvalue weighted by Crippen LogP contribution is 2.31. The van der Waals surface area contributed by atoms with Crippen LogP contribution in [0.3, 0.4) is 0 Å². The van der Waals surface area contributed by atoms with Crippen LogP contribution in [0.25, 0.3) is 5.69 Å². The largest absolute Gasteiger partial charge is 0.351 e. The summed E-state index contributed by atoms with van der Waals surface area (Å²) in [6, 6.07) is 7.79. The molecule has 2 heterocycles. The number of nitrogens with zero attached hydrogens (tertiary/aromatic N) is 3. The number of carbonyl (C=O) groups is 1. The van der Waals surface area contributed by atoms with Gasteiger partial charge in [0.1, 0.15) is 5.82 Å². The van der Waals surface area contributed by atoms with Gasteiger partial charge in [-0.25, -0.2) is 9.07 Å². The summed E-state index contributed by atoms with van der Waals surface area (Å²) in [4.78, 5) is 12.6. The van der Waals surface area contributed by atoms with E-state index in [1.807, 2.05) is 18.5 Å². The minimum atomic E-state index is -0.280. The molecule has 6 nitrogen and oxygen atoms in total. The van der Waals surface area contributed by atoms with Gasteiger partial charge in [-0.15, -0.1) is 0 Å². The van der Waals surface area contributed by atoms with Crippen molar-refractivity contribution >= 4 is 5.91 Å². The predicted molar refractivity (Wildman–Crippen MR) is 97.3 cm³/mol. The fraction of sp³-hybridized carbons (Fsp3) is 0.350. The maximum absolute atomic E-state index is 13.2. The Morgan fingerprint density at radius 3 is 2.81 bits per heavy atom. The SMILES string of the molecule is CC(C)c1cc(C(=O)N[C@@H]2CCCc3c2cnn3-c2ccc(F)cc2)on1. The monoisotopic (exact) mass is 368 g/mol. The lowest BCUT2D eigenvalue weighted by Crippen LogP contribution is -2.30. The first-order valence-electron chi connectivity index (χ1n) is 9.13. The van der Waals surface area contributed by atoms with Gasteiger partial charge in [-0.05, 0) is 49.4 Å². The Morgan fingerprint density at radius 1 is 1.33 bits per heavy atom. The average molecular weight is 368 g/mol. The molecule has 7 heteroatoms. The van der Waals surface area contributed by atoms with Gasteiger partial charge in [0.15, 0.2) is 0 Å². The van der Waals surface area contributed by atoms with Gasteiger partial charge in [0, 0.05) is 17.3 Å². The van der Waals surface area contributed by atoms with Gasteiger partial charge in [0.25, 0.3) is 5.91 Å². The minimum Gasteiger partial charge on any atom is -0.351 e. The van der Waals surface area contributed by atoms with Crippen LogP contribution in [0.15, 0.2) is 41.1 Å². The summed E-state index contributed by atoms with van der Waals surface area (Å²) in [6.45, 7) is 3.99. The molecule has 0 saturated carbocycles. The van der Waals surface area contributed by atoms with Crippen molar-refractivity contribution in [2.24, 2.45) is 0 Å². The molecule has 0 saturated heterocycles. The van der Waals surface area contributed by atoms with Gasteiger partial charge >= 0.3 is 0 Å². The van der Waals surface area contributed by atoms with E-state index >= 15 is 0 Å². The lowest BCUT2D eigenvalue weighted by atomic mass is 9.92. The molecule has 1 N–H and O–H groups in total. The zero-order valence-electron chi connectivity index (χ0n) is 15.3. The Balaban J connectivity index is 1.56. The number of rotatable bonds is 4. The summed E-state index contributed by atoms with van der Waals surface area (Å²) < 4.78 is 20.2. The normalized spacial score (nSPS) is 16.4. The number of nitrogens with one attached hydrogen (secondary N) is 1. The van der Waals surface area contributed by atoms with Crippen molar-refractivity contribution in [2.75, 3.05) is 0 Å². The Kier molecular flexibility index (Phi) is 4.51. The first kappa shape index (κ1) is 17.5. The van der Waals surface area contributed by atoms with E-state index in [0.717, 1.165) is 41.9 Å². The molecule has 140 valence electrons. The molecule has 1 aromatic carbocycles. The molecule has 27 heavy (non-hydrogen) atoms. The third-order valence-corrected chi connectivity index (χ3v) is 4.90. The average Bonchev–Trinajstić information content (AvgIpc) is 3.30. The van der Waals surface area contributed by atoms with Gasteiger partial charge in [-0.3, -0.25) is 4.79 Å². The molecule has 0 bridgehead atoms. The number of amides is 1. The fourth-order valence-electron chi connectivity index (χ4n) is 3.41. The summed E-state index contributed by atoms with van der Waals surface area (Å²) in [5, 5.41) is 11.4. The molecule has 1 aliphatic carbocycles. The Bertz CT molecular complexity index is 959. The molecule has 0 unspecified atom stereocenters. The predicted octanol–water partition coefficient (Wildman–Crippen LogP) is 3.93. The zero-order chi connectivity index (χ0) is 19.0. The Hall–Kier alpha value is -2.96. The Morgan fingerprint density at radius 2 is 2.11 bits per heavy atom. The molecule has 1 amide bonds. The second-order valence-corrected chi connectivity index (χ2v) is 7.12. The summed E-state index contributed by atoms with van der Waals surface area (Å²) in [5.41, 5.74) is 3.59. The Labute approximate surface area is 156 Å². The molecule has 0 fully saturated rings. The van der Waals surface area contributed by atoms with Crippen LogP contribution in [0.2, 0.25) is 0 Å². The zero-order valence-corrected chi connectivity index (χ0v) is 15.3. The third kappa shape index (κ3) is 3.37. The highest BCUT2D eigenvalue weighted by Gasteiger charge is 2.27. The lowest BCUT2D eigenvalue weighted by molar-refractivity contribution is 0.0895. The first-order chi connectivity index (χ1) is 13.0. The van der Waals surface area contributed by atoms with Crippen molar-refractivity contribution in [2.45, 2.75) is 45.1 Å². The molecule has 4 rings (SSSR count). The van der Waals surface area contributed by atoms with Gasteiger partial charge in [-0.1, -0.05) is 19.0 Å². The van der Waals surface area contributed by atoms with Crippen LogP contribution in [-0.2, 0) is 6.42 Å². The quantitative estimate of drug-likeness (QED) is 0.757. The number of fused-ring (bicyclic) bond motifs is 1. The van der Waals surface area contributed by atoms with Crippen LogP contribution in [0, 0.1) is 5.82 Å². The van der Waals surface area contributed by atoms with Crippen LogP contribution in [0.4, 0.5) is 4.39 Å². The first-order valence-corrected chi connectivity index (χ1v) is 9.13. The van der Waals surface area contributed by atoms with E-state index in [9.17, 15) is 9.18 Å². The second-order valence-electron chi connectivity index (χ2n) is 7.12. The van der Waals surface area contributed by atoms with Crippen LogP contribution in [-0.4, -0.2) is 20.8 Å². The number of hydrogen-bond acceptors (Lipinski definition) is 4. The van der Waals surface area contributed by atoms with Crippen molar-refractivity contribution in [3.63, 3.8) is 0 Å². The maximum Gasteiger partial charge on any atom is 0.290 e. The summed E-state index contributed by atoms with van der Waals surface area (Å²) in [7, 11) is 0. The van der Waals surface area contributed by atoms with E-state index in [1.54, 1.807) is 24.4 Å². The molecule has 1 aliphatic rings. The highest BCUT2D eigenvalue weighted by atomic mass is 19.1. The van der Waals surface area contributed by atoms with E-state index in [-0.39, 0.29) is 29.4 Å². The number of carbonyl (C=O) groups excluding carboxylic acids is 1. The maximum atomic E-state index is 13.2. The lowest BCUT2D eigenvalue weighted by Gasteiger charge is -2.23. The van der Waals surface area contributed by atoms with Crippen LogP contribution >= 0.6 is 0 Å². The molecule has 2 aromatic heterocycles. The molecular weight excluding hydrogens is 347 g/mol. The molecule has 3 aromatic rings. The number of benzene rings is 1. The third-order valence-electron chi connectivity index (χ3n) is 4.90. The van der Waals surface area contributed by atoms with Crippen LogP contribution in [0.5, 0.6) is 0 Å². The molecule has 0 spiro atoms. The van der Waals surface area contributed by atoms with Crippen molar-refractivity contribution in [3.05, 3.63) is 65.1 Å². The number of halogens is 1. The molecule has 1 atom stereocenters. The van der Waals surface area contributed by atoms with Gasteiger partial charge in [0.05, 0.1) is 23.6 Å². The van der Waals surface area contributed by atoms with Crippen molar-refractivity contribution in [3.8, 4) is 5.69 Å². The number of aromatic nitrogens is 3. The second kappa shape index (κ2) is 6.98. The van der Waals surface area contributed by atoms with E-state index in [2.05, 4.69) is 15.6 Å². The topological polar surface area (TPSA) is 73.0 Å². The van der Waals surface area contributed by atoms with E-state index in [0.29, 0.717) is 0 Å². The van der Waals surface area contributed by atoms with Crippen LogP contribution < -0.4 is 5.32 Å². The fourth-order valence-corrected chi connectivity index (χ4v) is 3.41. The van der Waals surface area contributed by atoms with Gasteiger partial charge in [-0.2, -0.15) is 5.10 Å². The van der Waals surface area contributed by atoms with Crippen molar-refractivity contribution in [1.29, 1.82) is 0 Å². The van der Waals surface area contributed by atoms with E-state index < -0.39 is 0 Å². The van der Waals surface area contributed by atoms with Gasteiger partial charge < -0.3 is 9.84 Å². The minimum absolute atomic E-state index is 0.136. The standard InChI is InChI=1S/C20H21FN4O2/c1-12(2)17-10-19(27-24-17)20(26)23-16-4-3-5-18-15(16)11-22-25(18)14-8-6-13(21)7-9-14/h6-12,16H,3-5H2,1-2H3,(H,23,26)/t16-/m1/s1. The van der Waals surface area contributed by atoms with Crippen molar-refractivity contribution in [1.82, 2.24) is 20.3 Å². The van der Waals surface area contributed by atoms with E-state index in [1.165, 1.54) is 12.1 Å². The smallest absolute Gasteiger partial charge is 0.290 e. The number of hydrogen-bond donors (Lipinski definition) is 1. The van der Waals surface area contributed by atoms with E-state index in [4.69, 9.17) is 4.52 Å².